The highest BCUT2D eigenvalue weighted by Gasteiger charge is 2.21. The summed E-state index contributed by atoms with van der Waals surface area (Å²) in [5.74, 6) is -2.59. The molecule has 0 atom stereocenters. The topological polar surface area (TPSA) is 104 Å². The third kappa shape index (κ3) is 3.88. The molecule has 0 aliphatic heterocycles. The lowest BCUT2D eigenvalue weighted by Gasteiger charge is -2.08. The average molecular weight is 271 g/mol. The molecule has 0 saturated heterocycles. The van der Waals surface area contributed by atoms with Gasteiger partial charge in [-0.15, -0.1) is 0 Å². The second-order valence-electron chi connectivity index (χ2n) is 3.80. The number of nitrogens with one attached hydrogen (secondary N) is 2. The first-order valence-corrected chi connectivity index (χ1v) is 5.57. The SMILES string of the molecule is CNCCCNc1cc(C(=O)O)c(F)cc1[N+](=O)[O-]. The molecule has 0 aliphatic rings. The van der Waals surface area contributed by atoms with Crippen molar-refractivity contribution < 1.29 is 19.2 Å². The van der Waals surface area contributed by atoms with E-state index in [4.69, 9.17) is 5.11 Å². The van der Waals surface area contributed by atoms with E-state index < -0.39 is 28.0 Å². The number of hydrogen-bond donors (Lipinski definition) is 3. The number of carbonyl (C=O) groups is 1. The Morgan fingerprint density at radius 2 is 2.16 bits per heavy atom. The van der Waals surface area contributed by atoms with Gasteiger partial charge in [0.1, 0.15) is 11.5 Å². The van der Waals surface area contributed by atoms with Crippen LogP contribution in [0.15, 0.2) is 12.1 Å². The first-order chi connectivity index (χ1) is 8.97. The summed E-state index contributed by atoms with van der Waals surface area (Å²) in [5, 5.41) is 25.2. The summed E-state index contributed by atoms with van der Waals surface area (Å²) in [6, 6.07) is 1.55. The maximum atomic E-state index is 13.4. The molecule has 0 amide bonds. The molecular formula is C11H14FN3O4. The summed E-state index contributed by atoms with van der Waals surface area (Å²) in [6.07, 6.45) is 0.688. The van der Waals surface area contributed by atoms with Crippen LogP contribution < -0.4 is 10.6 Å². The van der Waals surface area contributed by atoms with E-state index in [-0.39, 0.29) is 5.69 Å². The highest BCUT2D eigenvalue weighted by molar-refractivity contribution is 5.90. The lowest BCUT2D eigenvalue weighted by Crippen LogP contribution is -2.14. The number of halogens is 1. The predicted molar refractivity (Wildman–Crippen MR) is 67.0 cm³/mol. The molecule has 0 unspecified atom stereocenters. The van der Waals surface area contributed by atoms with Gasteiger partial charge in [-0.25, -0.2) is 9.18 Å². The van der Waals surface area contributed by atoms with Gasteiger partial charge in [0.05, 0.1) is 16.6 Å². The number of nitro groups is 1. The molecule has 1 aromatic rings. The Morgan fingerprint density at radius 3 is 2.68 bits per heavy atom. The summed E-state index contributed by atoms with van der Waals surface area (Å²) in [7, 11) is 1.77. The van der Waals surface area contributed by atoms with Gasteiger partial charge in [0.2, 0.25) is 0 Å². The van der Waals surface area contributed by atoms with E-state index >= 15 is 0 Å². The number of carboxylic acid groups (broad SMARTS) is 1. The number of nitro benzene ring substituents is 1. The highest BCUT2D eigenvalue weighted by atomic mass is 19.1. The second-order valence-corrected chi connectivity index (χ2v) is 3.80. The lowest BCUT2D eigenvalue weighted by atomic mass is 10.1. The van der Waals surface area contributed by atoms with Crippen LogP contribution in [-0.2, 0) is 0 Å². The summed E-state index contributed by atoms with van der Waals surface area (Å²) >= 11 is 0. The van der Waals surface area contributed by atoms with Crippen molar-refractivity contribution in [1.82, 2.24) is 5.32 Å². The fraction of sp³-hybridized carbons (Fsp3) is 0.364. The van der Waals surface area contributed by atoms with Crippen LogP contribution in [0, 0.1) is 15.9 Å². The van der Waals surface area contributed by atoms with E-state index in [0.29, 0.717) is 25.6 Å². The normalized spacial score (nSPS) is 10.2. The van der Waals surface area contributed by atoms with E-state index in [2.05, 4.69) is 10.6 Å². The number of nitrogens with zero attached hydrogens (tertiary/aromatic N) is 1. The van der Waals surface area contributed by atoms with Gasteiger partial charge in [-0.1, -0.05) is 0 Å². The van der Waals surface area contributed by atoms with E-state index in [1.807, 2.05) is 0 Å². The summed E-state index contributed by atoms with van der Waals surface area (Å²) in [5.41, 5.74) is -1.08. The molecule has 8 heteroatoms. The molecule has 0 aliphatic carbocycles. The largest absolute Gasteiger partial charge is 0.478 e. The molecule has 0 spiro atoms. The van der Waals surface area contributed by atoms with Crippen molar-refractivity contribution in [2.45, 2.75) is 6.42 Å². The molecule has 0 radical (unpaired) electrons. The minimum absolute atomic E-state index is 0.0000898. The minimum Gasteiger partial charge on any atom is -0.478 e. The van der Waals surface area contributed by atoms with Gasteiger partial charge in [-0.05, 0) is 26.1 Å². The number of anilines is 1. The van der Waals surface area contributed by atoms with E-state index in [1.165, 1.54) is 0 Å². The molecule has 1 rings (SSSR count). The third-order valence-corrected chi connectivity index (χ3v) is 2.43. The Kier molecular flexibility index (Phi) is 5.19. The van der Waals surface area contributed by atoms with Crippen LogP contribution in [0.1, 0.15) is 16.8 Å². The molecule has 104 valence electrons. The zero-order valence-electron chi connectivity index (χ0n) is 10.3. The highest BCUT2D eigenvalue weighted by Crippen LogP contribution is 2.27. The van der Waals surface area contributed by atoms with E-state index in [9.17, 15) is 19.3 Å². The molecule has 3 N–H and O–H groups in total. The van der Waals surface area contributed by atoms with Gasteiger partial charge < -0.3 is 15.7 Å². The predicted octanol–water partition coefficient (Wildman–Crippen LogP) is 1.45. The van der Waals surface area contributed by atoms with Gasteiger partial charge in [0.25, 0.3) is 5.69 Å². The Balaban J connectivity index is 3.01. The quantitative estimate of drug-likeness (QED) is 0.394. The third-order valence-electron chi connectivity index (χ3n) is 2.43. The first kappa shape index (κ1) is 14.8. The molecule has 0 heterocycles. The molecule has 7 nitrogen and oxygen atoms in total. The Bertz CT molecular complexity index is 493. The first-order valence-electron chi connectivity index (χ1n) is 5.57. The average Bonchev–Trinajstić information content (AvgIpc) is 2.35. The Hall–Kier alpha value is -2.22. The second kappa shape index (κ2) is 6.64. The maximum absolute atomic E-state index is 13.4. The van der Waals surface area contributed by atoms with Crippen molar-refractivity contribution in [2.24, 2.45) is 0 Å². The fourth-order valence-electron chi connectivity index (χ4n) is 1.51. The van der Waals surface area contributed by atoms with Crippen LogP contribution in [0.2, 0.25) is 0 Å². The van der Waals surface area contributed by atoms with Crippen LogP contribution in [-0.4, -0.2) is 36.1 Å². The zero-order chi connectivity index (χ0) is 14.4. The molecule has 0 fully saturated rings. The van der Waals surface area contributed by atoms with Crippen LogP contribution in [0.5, 0.6) is 0 Å². The summed E-state index contributed by atoms with van der Waals surface area (Å²) < 4.78 is 13.4. The summed E-state index contributed by atoms with van der Waals surface area (Å²) in [4.78, 5) is 20.8. The van der Waals surface area contributed by atoms with Crippen molar-refractivity contribution in [3.63, 3.8) is 0 Å². The minimum atomic E-state index is -1.47. The standard InChI is InChI=1S/C11H14FN3O4/c1-13-3-2-4-14-9-5-7(11(16)17)8(12)6-10(9)15(18)19/h5-6,13-14H,2-4H2,1H3,(H,16,17). The van der Waals surface area contributed by atoms with Crippen LogP contribution in [0.25, 0.3) is 0 Å². The van der Waals surface area contributed by atoms with Gasteiger partial charge in [-0.3, -0.25) is 10.1 Å². The molecular weight excluding hydrogens is 257 g/mol. The van der Waals surface area contributed by atoms with E-state index in [1.54, 1.807) is 7.05 Å². The van der Waals surface area contributed by atoms with Crippen molar-refractivity contribution >= 4 is 17.3 Å². The van der Waals surface area contributed by atoms with Gasteiger partial charge in [-0.2, -0.15) is 0 Å². The van der Waals surface area contributed by atoms with Crippen LogP contribution in [0.4, 0.5) is 15.8 Å². The number of hydrogen-bond acceptors (Lipinski definition) is 5. The van der Waals surface area contributed by atoms with Crippen molar-refractivity contribution in [2.75, 3.05) is 25.5 Å². The van der Waals surface area contributed by atoms with Crippen molar-refractivity contribution in [1.29, 1.82) is 0 Å². The lowest BCUT2D eigenvalue weighted by molar-refractivity contribution is -0.384. The molecule has 1 aromatic carbocycles. The van der Waals surface area contributed by atoms with Gasteiger partial charge in [0, 0.05) is 6.54 Å². The monoisotopic (exact) mass is 271 g/mol. The smallest absolute Gasteiger partial charge is 0.338 e. The number of aromatic carboxylic acids is 1. The Labute approximate surface area is 108 Å². The molecule has 0 saturated carbocycles. The molecule has 19 heavy (non-hydrogen) atoms. The number of rotatable bonds is 7. The van der Waals surface area contributed by atoms with Crippen LogP contribution in [0.3, 0.4) is 0 Å². The van der Waals surface area contributed by atoms with E-state index in [0.717, 1.165) is 6.07 Å². The Morgan fingerprint density at radius 1 is 1.47 bits per heavy atom. The molecule has 0 aromatic heterocycles. The summed E-state index contributed by atoms with van der Waals surface area (Å²) in [6.45, 7) is 1.11. The van der Waals surface area contributed by atoms with Crippen LogP contribution >= 0.6 is 0 Å². The maximum Gasteiger partial charge on any atom is 0.338 e. The van der Waals surface area contributed by atoms with Crippen molar-refractivity contribution in [3.8, 4) is 0 Å². The fourth-order valence-corrected chi connectivity index (χ4v) is 1.51. The van der Waals surface area contributed by atoms with Gasteiger partial charge in [0.15, 0.2) is 0 Å². The molecule has 0 bridgehead atoms. The number of carboxylic acids is 1. The van der Waals surface area contributed by atoms with Crippen molar-refractivity contribution in [3.05, 3.63) is 33.6 Å². The zero-order valence-corrected chi connectivity index (χ0v) is 10.3. The van der Waals surface area contributed by atoms with Gasteiger partial charge >= 0.3 is 5.97 Å². The number of benzene rings is 1.